The van der Waals surface area contributed by atoms with Crippen LogP contribution < -0.4 is 10.1 Å². The summed E-state index contributed by atoms with van der Waals surface area (Å²) in [5.41, 5.74) is 0.571. The molecule has 0 saturated heterocycles. The number of carbonyl (C=O) groups excluding carboxylic acids is 1. The van der Waals surface area contributed by atoms with Gasteiger partial charge >= 0.3 is 0 Å². The number of hydrogen-bond acceptors (Lipinski definition) is 6. The molecule has 0 spiro atoms. The predicted molar refractivity (Wildman–Crippen MR) is 82.4 cm³/mol. The molecule has 1 amide bonds. The Bertz CT molecular complexity index is 1010. The van der Waals surface area contributed by atoms with Gasteiger partial charge in [0.05, 0.1) is 12.5 Å². The molecule has 0 aliphatic carbocycles. The standard InChI is InChI=1S/C15H11N5O3/c1-22-12-10-6-8-4-2-3-5-9(8)7-11(10)23-13(12)14(21)16-15-17-19-20-18-15/h2-7H,1H3,(H2,16,17,18,19,20,21). The fourth-order valence-corrected chi connectivity index (χ4v) is 2.49. The largest absolute Gasteiger partial charge is 0.492 e. The number of tetrazole rings is 1. The van der Waals surface area contributed by atoms with Crippen LogP contribution in [0.2, 0.25) is 0 Å². The van der Waals surface area contributed by atoms with Crippen molar-refractivity contribution in [2.24, 2.45) is 0 Å². The van der Waals surface area contributed by atoms with E-state index in [-0.39, 0.29) is 11.7 Å². The molecule has 0 fully saturated rings. The average Bonchev–Trinajstić information content (AvgIpc) is 3.19. The van der Waals surface area contributed by atoms with Gasteiger partial charge < -0.3 is 9.15 Å². The summed E-state index contributed by atoms with van der Waals surface area (Å²) < 4.78 is 11.1. The normalized spacial score (nSPS) is 11.0. The van der Waals surface area contributed by atoms with Crippen molar-refractivity contribution in [3.8, 4) is 5.75 Å². The van der Waals surface area contributed by atoms with E-state index in [4.69, 9.17) is 9.15 Å². The van der Waals surface area contributed by atoms with E-state index in [1.807, 2.05) is 36.4 Å². The molecular formula is C15H11N5O3. The minimum Gasteiger partial charge on any atom is -0.492 e. The highest BCUT2D eigenvalue weighted by molar-refractivity contribution is 6.09. The Hall–Kier alpha value is -3.42. The number of aromatic nitrogens is 4. The minimum atomic E-state index is -0.499. The van der Waals surface area contributed by atoms with Crippen molar-refractivity contribution in [3.05, 3.63) is 42.2 Å². The molecule has 0 bridgehead atoms. The molecule has 0 unspecified atom stereocenters. The van der Waals surface area contributed by atoms with E-state index >= 15 is 0 Å². The lowest BCUT2D eigenvalue weighted by Crippen LogP contribution is -2.13. The van der Waals surface area contributed by atoms with E-state index in [1.54, 1.807) is 0 Å². The van der Waals surface area contributed by atoms with Crippen molar-refractivity contribution < 1.29 is 13.9 Å². The molecule has 8 nitrogen and oxygen atoms in total. The average molecular weight is 309 g/mol. The third kappa shape index (κ3) is 2.16. The molecule has 4 aromatic rings. The number of fused-ring (bicyclic) bond motifs is 2. The number of nitrogens with one attached hydrogen (secondary N) is 2. The summed E-state index contributed by atoms with van der Waals surface area (Å²) in [6.07, 6.45) is 0. The van der Waals surface area contributed by atoms with Crippen LogP contribution >= 0.6 is 0 Å². The number of ether oxygens (including phenoxy) is 1. The molecule has 2 heterocycles. The molecule has 0 saturated carbocycles. The highest BCUT2D eigenvalue weighted by atomic mass is 16.5. The van der Waals surface area contributed by atoms with Crippen LogP contribution in [0.3, 0.4) is 0 Å². The van der Waals surface area contributed by atoms with E-state index < -0.39 is 5.91 Å². The van der Waals surface area contributed by atoms with Gasteiger partial charge in [-0.15, -0.1) is 0 Å². The zero-order chi connectivity index (χ0) is 15.8. The monoisotopic (exact) mass is 309 g/mol. The highest BCUT2D eigenvalue weighted by Crippen LogP contribution is 2.35. The number of anilines is 1. The van der Waals surface area contributed by atoms with Gasteiger partial charge in [0.25, 0.3) is 5.91 Å². The molecule has 23 heavy (non-hydrogen) atoms. The van der Waals surface area contributed by atoms with Crippen molar-refractivity contribution in [1.82, 2.24) is 20.6 Å². The summed E-state index contributed by atoms with van der Waals surface area (Å²) in [5.74, 6) is 0.0632. The van der Waals surface area contributed by atoms with E-state index in [2.05, 4.69) is 25.9 Å². The number of carbonyl (C=O) groups is 1. The maximum atomic E-state index is 12.4. The van der Waals surface area contributed by atoms with Gasteiger partial charge in [-0.1, -0.05) is 29.4 Å². The lowest BCUT2D eigenvalue weighted by Gasteiger charge is -2.01. The lowest BCUT2D eigenvalue weighted by molar-refractivity contribution is 0.0994. The first-order valence-electron chi connectivity index (χ1n) is 6.80. The first kappa shape index (κ1) is 13.3. The number of methoxy groups -OCH3 is 1. The molecule has 2 aromatic heterocycles. The highest BCUT2D eigenvalue weighted by Gasteiger charge is 2.22. The van der Waals surface area contributed by atoms with E-state index in [1.165, 1.54) is 7.11 Å². The number of furan rings is 1. The van der Waals surface area contributed by atoms with E-state index in [0.717, 1.165) is 16.2 Å². The van der Waals surface area contributed by atoms with Gasteiger partial charge in [0.1, 0.15) is 5.58 Å². The zero-order valence-electron chi connectivity index (χ0n) is 12.0. The summed E-state index contributed by atoms with van der Waals surface area (Å²) >= 11 is 0. The van der Waals surface area contributed by atoms with Crippen molar-refractivity contribution in [2.45, 2.75) is 0 Å². The van der Waals surface area contributed by atoms with Crippen LogP contribution in [0.25, 0.3) is 21.7 Å². The molecule has 0 aliphatic heterocycles. The Kier molecular flexibility index (Phi) is 2.94. The summed E-state index contributed by atoms with van der Waals surface area (Å²) in [7, 11) is 1.49. The third-order valence-electron chi connectivity index (χ3n) is 3.50. The van der Waals surface area contributed by atoms with Gasteiger partial charge in [-0.2, -0.15) is 0 Å². The van der Waals surface area contributed by atoms with Crippen LogP contribution in [0.15, 0.2) is 40.8 Å². The number of H-pyrrole nitrogens is 1. The van der Waals surface area contributed by atoms with Crippen molar-refractivity contribution in [1.29, 1.82) is 0 Å². The molecule has 8 heteroatoms. The zero-order valence-corrected chi connectivity index (χ0v) is 12.0. The Labute approximate surface area is 129 Å². The van der Waals surface area contributed by atoms with Gasteiger partial charge in [-0.25, -0.2) is 5.10 Å². The van der Waals surface area contributed by atoms with Crippen molar-refractivity contribution >= 4 is 33.6 Å². The van der Waals surface area contributed by atoms with Crippen LogP contribution in [0, 0.1) is 0 Å². The minimum absolute atomic E-state index is 0.0641. The van der Waals surface area contributed by atoms with Crippen molar-refractivity contribution in [3.63, 3.8) is 0 Å². The van der Waals surface area contributed by atoms with Gasteiger partial charge in [0.2, 0.25) is 11.7 Å². The summed E-state index contributed by atoms with van der Waals surface area (Å²) in [5, 5.41) is 18.1. The number of aromatic amines is 1. The molecule has 0 atom stereocenters. The lowest BCUT2D eigenvalue weighted by atomic mass is 10.1. The molecule has 2 aromatic carbocycles. The van der Waals surface area contributed by atoms with Crippen LogP contribution in [0.4, 0.5) is 5.95 Å². The third-order valence-corrected chi connectivity index (χ3v) is 3.50. The molecular weight excluding hydrogens is 298 g/mol. The number of hydrogen-bond donors (Lipinski definition) is 2. The van der Waals surface area contributed by atoms with Gasteiger partial charge in [0.15, 0.2) is 5.75 Å². The quantitative estimate of drug-likeness (QED) is 0.601. The number of rotatable bonds is 3. The Morgan fingerprint density at radius 2 is 2.04 bits per heavy atom. The molecule has 0 radical (unpaired) electrons. The van der Waals surface area contributed by atoms with E-state index in [0.29, 0.717) is 11.3 Å². The Morgan fingerprint density at radius 3 is 2.74 bits per heavy atom. The second-order valence-electron chi connectivity index (χ2n) is 4.86. The van der Waals surface area contributed by atoms with Crippen LogP contribution in [0.5, 0.6) is 5.75 Å². The van der Waals surface area contributed by atoms with Crippen molar-refractivity contribution in [2.75, 3.05) is 12.4 Å². The smallest absolute Gasteiger partial charge is 0.297 e. The summed E-state index contributed by atoms with van der Waals surface area (Å²) in [4.78, 5) is 12.4. The van der Waals surface area contributed by atoms with Crippen LogP contribution in [-0.4, -0.2) is 33.6 Å². The van der Waals surface area contributed by atoms with E-state index in [9.17, 15) is 4.79 Å². The fraction of sp³-hybridized carbons (Fsp3) is 0.0667. The fourth-order valence-electron chi connectivity index (χ4n) is 2.49. The maximum Gasteiger partial charge on any atom is 0.297 e. The second-order valence-corrected chi connectivity index (χ2v) is 4.86. The molecule has 2 N–H and O–H groups in total. The first-order chi connectivity index (χ1) is 11.3. The van der Waals surface area contributed by atoms with Crippen LogP contribution in [0.1, 0.15) is 10.6 Å². The molecule has 0 aliphatic rings. The molecule has 4 rings (SSSR count). The predicted octanol–water partition coefficient (Wildman–Crippen LogP) is 2.36. The number of nitrogens with zero attached hydrogens (tertiary/aromatic N) is 3. The summed E-state index contributed by atoms with van der Waals surface area (Å²) in [6.45, 7) is 0. The van der Waals surface area contributed by atoms with Crippen LogP contribution in [-0.2, 0) is 0 Å². The molecule has 114 valence electrons. The SMILES string of the molecule is COc1c(C(=O)Nc2nnn[nH]2)oc2cc3ccccc3cc12. The maximum absolute atomic E-state index is 12.4. The second kappa shape index (κ2) is 5.09. The Balaban J connectivity index is 1.85. The topological polar surface area (TPSA) is 106 Å². The first-order valence-corrected chi connectivity index (χ1v) is 6.80. The number of benzene rings is 2. The van der Waals surface area contributed by atoms with Gasteiger partial charge in [-0.05, 0) is 33.3 Å². The Morgan fingerprint density at radius 1 is 1.26 bits per heavy atom. The van der Waals surface area contributed by atoms with Gasteiger partial charge in [-0.3, -0.25) is 10.1 Å². The number of amides is 1. The summed E-state index contributed by atoms with van der Waals surface area (Å²) in [6, 6.07) is 11.7. The van der Waals surface area contributed by atoms with Gasteiger partial charge in [0, 0.05) is 0 Å².